The van der Waals surface area contributed by atoms with Crippen LogP contribution in [0.3, 0.4) is 0 Å². The average molecular weight is 228 g/mol. The summed E-state index contributed by atoms with van der Waals surface area (Å²) in [6, 6.07) is 2.07. The Labute approximate surface area is 74.0 Å². The quantitative estimate of drug-likeness (QED) is 0.426. The molecule has 44 valence electrons. The number of hydrogen-bond donors (Lipinski definition) is 0. The third-order valence-corrected chi connectivity index (χ3v) is 0.642. The van der Waals surface area contributed by atoms with Crippen molar-refractivity contribution < 1.29 is 36.5 Å². The zero-order valence-electron chi connectivity index (χ0n) is 5.15. The van der Waals surface area contributed by atoms with Gasteiger partial charge in [0.05, 0.1) is 6.07 Å². The third-order valence-electron chi connectivity index (χ3n) is 0.642. The van der Waals surface area contributed by atoms with Crippen LogP contribution in [0.25, 0.3) is 0 Å². The van der Waals surface area contributed by atoms with Gasteiger partial charge in [-0.3, -0.25) is 0 Å². The Morgan fingerprint density at radius 3 is 2.12 bits per heavy atom. The average Bonchev–Trinajstić information content (AvgIpc) is 1.61. The molecule has 3 heteroatoms. The summed E-state index contributed by atoms with van der Waals surface area (Å²) in [5, 5.41) is 7.95. The first-order valence-corrected chi connectivity index (χ1v) is 2.28. The first-order chi connectivity index (χ1) is 2.91. The van der Waals surface area contributed by atoms with E-state index in [2.05, 4.69) is 13.0 Å². The standard InChI is InChI=1S/C5H9N.BrH.Zn/c1-2-3-4-5-6;;/h2-4H2,1H3;1H;/p-1. The molecule has 0 aromatic heterocycles. The summed E-state index contributed by atoms with van der Waals surface area (Å²) in [7, 11) is 0. The van der Waals surface area contributed by atoms with Crippen molar-refractivity contribution in [2.45, 2.75) is 26.2 Å². The maximum absolute atomic E-state index is 7.95. The van der Waals surface area contributed by atoms with Crippen molar-refractivity contribution in [2.75, 3.05) is 0 Å². The minimum absolute atomic E-state index is 0. The van der Waals surface area contributed by atoms with E-state index < -0.39 is 0 Å². The normalized spacial score (nSPS) is 5.50. The van der Waals surface area contributed by atoms with E-state index >= 15 is 0 Å². The van der Waals surface area contributed by atoms with E-state index in [0.717, 1.165) is 19.3 Å². The number of nitriles is 1. The van der Waals surface area contributed by atoms with Crippen molar-refractivity contribution in [3.05, 3.63) is 0 Å². The number of unbranched alkanes of at least 4 members (excludes halogenated alkanes) is 2. The molecule has 0 aliphatic heterocycles. The van der Waals surface area contributed by atoms with Crippen LogP contribution in [0.4, 0.5) is 0 Å². The molecule has 0 aromatic rings. The van der Waals surface area contributed by atoms with Crippen molar-refractivity contribution in [1.29, 1.82) is 5.26 Å². The van der Waals surface area contributed by atoms with E-state index in [9.17, 15) is 0 Å². The van der Waals surface area contributed by atoms with Gasteiger partial charge >= 0.3 is 0 Å². The zero-order chi connectivity index (χ0) is 4.83. The summed E-state index contributed by atoms with van der Waals surface area (Å²) in [5.41, 5.74) is 0. The van der Waals surface area contributed by atoms with Crippen molar-refractivity contribution in [1.82, 2.24) is 0 Å². The van der Waals surface area contributed by atoms with Gasteiger partial charge in [0.2, 0.25) is 0 Å². The van der Waals surface area contributed by atoms with Gasteiger partial charge in [0.1, 0.15) is 0 Å². The predicted octanol–water partition coefficient (Wildman–Crippen LogP) is -1.30. The number of rotatable bonds is 2. The Hall–Kier alpha value is 0.593. The molecule has 0 fully saturated rings. The molecular formula is C5H9BrNZn-. The molecule has 0 atom stereocenters. The Morgan fingerprint density at radius 2 is 2.00 bits per heavy atom. The number of hydrogen-bond acceptors (Lipinski definition) is 1. The summed E-state index contributed by atoms with van der Waals surface area (Å²) in [6.07, 6.45) is 2.90. The van der Waals surface area contributed by atoms with Crippen LogP contribution >= 0.6 is 0 Å². The van der Waals surface area contributed by atoms with E-state index in [1.165, 1.54) is 0 Å². The van der Waals surface area contributed by atoms with Gasteiger partial charge in [-0.1, -0.05) is 13.3 Å². The minimum atomic E-state index is 0. The smallest absolute Gasteiger partial charge is 0.0621 e. The molecule has 0 heterocycles. The fourth-order valence-electron chi connectivity index (χ4n) is 0.256. The summed E-state index contributed by atoms with van der Waals surface area (Å²) < 4.78 is 0. The van der Waals surface area contributed by atoms with Crippen molar-refractivity contribution in [3.8, 4) is 6.07 Å². The van der Waals surface area contributed by atoms with Crippen LogP contribution in [0.5, 0.6) is 0 Å². The van der Waals surface area contributed by atoms with Gasteiger partial charge < -0.3 is 17.0 Å². The maximum atomic E-state index is 7.95. The molecule has 0 unspecified atom stereocenters. The molecule has 0 aliphatic carbocycles. The molecule has 0 rings (SSSR count). The Bertz CT molecular complexity index is 59.9. The monoisotopic (exact) mass is 226 g/mol. The van der Waals surface area contributed by atoms with Gasteiger partial charge in [-0.05, 0) is 6.42 Å². The number of halogens is 1. The van der Waals surface area contributed by atoms with Gasteiger partial charge in [0, 0.05) is 25.9 Å². The van der Waals surface area contributed by atoms with Crippen LogP contribution in [0.1, 0.15) is 26.2 Å². The molecule has 1 nitrogen and oxygen atoms in total. The zero-order valence-corrected chi connectivity index (χ0v) is 9.71. The van der Waals surface area contributed by atoms with Gasteiger partial charge in [-0.15, -0.1) is 0 Å². The van der Waals surface area contributed by atoms with E-state index in [4.69, 9.17) is 5.26 Å². The summed E-state index contributed by atoms with van der Waals surface area (Å²) in [4.78, 5) is 0. The fraction of sp³-hybridized carbons (Fsp3) is 0.800. The molecule has 0 saturated carbocycles. The van der Waals surface area contributed by atoms with E-state index in [1.807, 2.05) is 0 Å². The molecule has 0 aromatic carbocycles. The van der Waals surface area contributed by atoms with Gasteiger partial charge in [-0.2, -0.15) is 5.26 Å². The Balaban J connectivity index is -0.000000125. The molecule has 0 N–H and O–H groups in total. The molecular weight excluding hydrogens is 219 g/mol. The van der Waals surface area contributed by atoms with Gasteiger partial charge in [0.15, 0.2) is 0 Å². The maximum Gasteiger partial charge on any atom is 0.0621 e. The second-order valence-corrected chi connectivity index (χ2v) is 1.26. The second kappa shape index (κ2) is 15.6. The van der Waals surface area contributed by atoms with E-state index in [1.54, 1.807) is 0 Å². The summed E-state index contributed by atoms with van der Waals surface area (Å²) in [6.45, 7) is 2.08. The molecule has 0 saturated heterocycles. The predicted molar refractivity (Wildman–Crippen MR) is 25.1 cm³/mol. The number of nitrogens with zero attached hydrogens (tertiary/aromatic N) is 1. The Kier molecular flexibility index (Phi) is 31.0. The van der Waals surface area contributed by atoms with Crippen LogP contribution in [-0.4, -0.2) is 0 Å². The molecule has 8 heavy (non-hydrogen) atoms. The minimum Gasteiger partial charge on any atom is -1.00 e. The van der Waals surface area contributed by atoms with Crippen molar-refractivity contribution >= 4 is 0 Å². The fourth-order valence-corrected chi connectivity index (χ4v) is 0.256. The Morgan fingerprint density at radius 1 is 1.50 bits per heavy atom. The molecule has 0 amide bonds. The molecule has 0 radical (unpaired) electrons. The van der Waals surface area contributed by atoms with Gasteiger partial charge in [-0.25, -0.2) is 0 Å². The van der Waals surface area contributed by atoms with E-state index in [0.29, 0.717) is 0 Å². The summed E-state index contributed by atoms with van der Waals surface area (Å²) in [5.74, 6) is 0. The molecule has 0 aliphatic rings. The van der Waals surface area contributed by atoms with Crippen LogP contribution in [0, 0.1) is 11.3 Å². The van der Waals surface area contributed by atoms with Crippen LogP contribution in [0.15, 0.2) is 0 Å². The first-order valence-electron chi connectivity index (χ1n) is 2.28. The summed E-state index contributed by atoms with van der Waals surface area (Å²) >= 11 is 0. The molecule has 0 bridgehead atoms. The van der Waals surface area contributed by atoms with Crippen molar-refractivity contribution in [3.63, 3.8) is 0 Å². The van der Waals surface area contributed by atoms with E-state index in [-0.39, 0.29) is 36.5 Å². The largest absolute Gasteiger partial charge is 1.00 e. The third kappa shape index (κ3) is 16.0. The second-order valence-electron chi connectivity index (χ2n) is 1.26. The van der Waals surface area contributed by atoms with Crippen LogP contribution in [0.2, 0.25) is 0 Å². The van der Waals surface area contributed by atoms with Gasteiger partial charge in [0.25, 0.3) is 0 Å². The van der Waals surface area contributed by atoms with Crippen molar-refractivity contribution in [2.24, 2.45) is 0 Å². The molecule has 0 spiro atoms. The van der Waals surface area contributed by atoms with Crippen LogP contribution in [-0.2, 0) is 19.5 Å². The topological polar surface area (TPSA) is 23.8 Å². The first kappa shape index (κ1) is 15.8. The van der Waals surface area contributed by atoms with Crippen LogP contribution < -0.4 is 17.0 Å². The SMILES string of the molecule is CCCCC#N.[Br-].[Zn].